The number of aromatic nitrogens is 2. The summed E-state index contributed by atoms with van der Waals surface area (Å²) in [6.45, 7) is 8.49. The maximum Gasteiger partial charge on any atom is 0.219 e. The fraction of sp³-hybridized carbons (Fsp3) is 0.389. The number of halogens is 1. The van der Waals surface area contributed by atoms with E-state index in [4.69, 9.17) is 11.6 Å². The molecular formula is C18H22ClN5O. The molecule has 3 rings (SSSR count). The van der Waals surface area contributed by atoms with E-state index in [9.17, 15) is 4.79 Å². The first-order chi connectivity index (χ1) is 11.9. The average Bonchev–Trinajstić information content (AvgIpc) is 2.57. The maximum atomic E-state index is 11.5. The van der Waals surface area contributed by atoms with Gasteiger partial charge in [-0.25, -0.2) is 9.97 Å². The summed E-state index contributed by atoms with van der Waals surface area (Å²) in [6, 6.07) is 7.66. The van der Waals surface area contributed by atoms with E-state index in [-0.39, 0.29) is 5.91 Å². The van der Waals surface area contributed by atoms with Gasteiger partial charge in [-0.2, -0.15) is 0 Å². The Hall–Kier alpha value is -2.34. The highest BCUT2D eigenvalue weighted by molar-refractivity contribution is 6.30. The third-order valence-electron chi connectivity index (χ3n) is 4.32. The Labute approximate surface area is 152 Å². The topological polar surface area (TPSA) is 61.4 Å². The van der Waals surface area contributed by atoms with Crippen LogP contribution in [-0.4, -0.2) is 47.0 Å². The number of anilines is 3. The predicted octanol–water partition coefficient (Wildman–Crippen LogP) is 3.16. The number of hydrogen-bond donors (Lipinski definition) is 1. The van der Waals surface area contributed by atoms with Crippen molar-refractivity contribution in [3.05, 3.63) is 40.7 Å². The molecule has 25 heavy (non-hydrogen) atoms. The maximum absolute atomic E-state index is 11.5. The van der Waals surface area contributed by atoms with E-state index >= 15 is 0 Å². The summed E-state index contributed by atoms with van der Waals surface area (Å²) < 4.78 is 0. The molecule has 1 N–H and O–H groups in total. The molecule has 0 bridgehead atoms. The van der Waals surface area contributed by atoms with Crippen molar-refractivity contribution in [1.82, 2.24) is 14.9 Å². The van der Waals surface area contributed by atoms with Gasteiger partial charge in [0.2, 0.25) is 5.91 Å². The van der Waals surface area contributed by atoms with Gasteiger partial charge in [-0.3, -0.25) is 4.79 Å². The van der Waals surface area contributed by atoms with E-state index < -0.39 is 0 Å². The fourth-order valence-electron chi connectivity index (χ4n) is 2.93. The van der Waals surface area contributed by atoms with Gasteiger partial charge in [-0.15, -0.1) is 0 Å². The minimum Gasteiger partial charge on any atom is -0.353 e. The molecule has 1 saturated heterocycles. The lowest BCUT2D eigenvalue weighted by atomic mass is 10.2. The number of aryl methyl sites for hydroxylation is 2. The Kier molecular flexibility index (Phi) is 5.08. The molecule has 0 spiro atoms. The number of nitrogens with one attached hydrogen (secondary N) is 1. The van der Waals surface area contributed by atoms with Crippen LogP contribution in [0.2, 0.25) is 5.02 Å². The minimum absolute atomic E-state index is 0.124. The second-order valence-electron chi connectivity index (χ2n) is 6.24. The Morgan fingerprint density at radius 3 is 2.48 bits per heavy atom. The second kappa shape index (κ2) is 7.27. The molecule has 1 aromatic carbocycles. The molecular weight excluding hydrogens is 338 g/mol. The van der Waals surface area contributed by atoms with Crippen LogP contribution in [0.4, 0.5) is 17.3 Å². The Morgan fingerprint density at radius 1 is 1.12 bits per heavy atom. The fourth-order valence-corrected chi connectivity index (χ4v) is 3.16. The molecule has 0 saturated carbocycles. The van der Waals surface area contributed by atoms with Gasteiger partial charge >= 0.3 is 0 Å². The van der Waals surface area contributed by atoms with E-state index in [2.05, 4.69) is 20.2 Å². The largest absolute Gasteiger partial charge is 0.353 e. The van der Waals surface area contributed by atoms with Crippen LogP contribution >= 0.6 is 11.6 Å². The molecule has 0 atom stereocenters. The Bertz CT molecular complexity index is 787. The number of piperazine rings is 1. The summed E-state index contributed by atoms with van der Waals surface area (Å²) in [5.74, 6) is 2.46. The van der Waals surface area contributed by atoms with Gasteiger partial charge in [0.1, 0.15) is 17.5 Å². The lowest BCUT2D eigenvalue weighted by Gasteiger charge is -2.35. The van der Waals surface area contributed by atoms with Crippen molar-refractivity contribution < 1.29 is 4.79 Å². The lowest BCUT2D eigenvalue weighted by Crippen LogP contribution is -2.48. The zero-order valence-electron chi connectivity index (χ0n) is 14.7. The predicted molar refractivity (Wildman–Crippen MR) is 101 cm³/mol. The molecule has 7 heteroatoms. The molecule has 1 aliphatic rings. The van der Waals surface area contributed by atoms with Crippen LogP contribution in [-0.2, 0) is 4.79 Å². The number of benzene rings is 1. The van der Waals surface area contributed by atoms with E-state index in [0.29, 0.717) is 10.8 Å². The van der Waals surface area contributed by atoms with Gasteiger partial charge in [-0.05, 0) is 37.6 Å². The van der Waals surface area contributed by atoms with Gasteiger partial charge < -0.3 is 15.1 Å². The Morgan fingerprint density at radius 2 is 1.84 bits per heavy atom. The van der Waals surface area contributed by atoms with Gasteiger partial charge in [0.05, 0.1) is 0 Å². The molecule has 1 aliphatic heterocycles. The van der Waals surface area contributed by atoms with Gasteiger partial charge in [0.15, 0.2) is 0 Å². The van der Waals surface area contributed by atoms with Crippen LogP contribution in [0.3, 0.4) is 0 Å². The summed E-state index contributed by atoms with van der Waals surface area (Å²) in [4.78, 5) is 24.6. The van der Waals surface area contributed by atoms with Crippen LogP contribution in [0, 0.1) is 13.8 Å². The number of hydrogen-bond acceptors (Lipinski definition) is 5. The van der Waals surface area contributed by atoms with Crippen LogP contribution in [0.1, 0.15) is 18.3 Å². The van der Waals surface area contributed by atoms with Crippen molar-refractivity contribution in [3.8, 4) is 0 Å². The average molecular weight is 360 g/mol. The highest BCUT2D eigenvalue weighted by Gasteiger charge is 2.20. The number of nitrogens with zero attached hydrogens (tertiary/aromatic N) is 4. The minimum atomic E-state index is 0.124. The van der Waals surface area contributed by atoms with Crippen LogP contribution in [0.5, 0.6) is 0 Å². The molecule has 0 unspecified atom stereocenters. The molecule has 0 radical (unpaired) electrons. The zero-order valence-corrected chi connectivity index (χ0v) is 15.5. The quantitative estimate of drug-likeness (QED) is 0.912. The SMILES string of the molecule is CC(=O)N1CCN(c2cc(Nc3ccc(Cl)cc3C)nc(C)n2)CC1. The Balaban J connectivity index is 1.78. The van der Waals surface area contributed by atoms with Crippen molar-refractivity contribution in [2.24, 2.45) is 0 Å². The standard InChI is InChI=1S/C18H22ClN5O/c1-12-10-15(19)4-5-16(12)22-17-11-18(21-13(2)20-17)24-8-6-23(7-9-24)14(3)25/h4-5,10-11H,6-9H2,1-3H3,(H,20,21,22). The number of carbonyl (C=O) groups excluding carboxylic acids is 1. The smallest absolute Gasteiger partial charge is 0.219 e. The highest BCUT2D eigenvalue weighted by atomic mass is 35.5. The summed E-state index contributed by atoms with van der Waals surface area (Å²) in [6.07, 6.45) is 0. The first-order valence-corrected chi connectivity index (χ1v) is 8.69. The van der Waals surface area contributed by atoms with Gasteiger partial charge in [0, 0.05) is 49.9 Å². The number of carbonyl (C=O) groups is 1. The van der Waals surface area contributed by atoms with E-state index in [1.165, 1.54) is 0 Å². The summed E-state index contributed by atoms with van der Waals surface area (Å²) in [5.41, 5.74) is 2.02. The van der Waals surface area contributed by atoms with Crippen LogP contribution in [0.15, 0.2) is 24.3 Å². The first kappa shape index (κ1) is 17.5. The second-order valence-corrected chi connectivity index (χ2v) is 6.67. The van der Waals surface area contributed by atoms with E-state index in [1.54, 1.807) is 6.92 Å². The van der Waals surface area contributed by atoms with Crippen molar-refractivity contribution in [2.75, 3.05) is 36.4 Å². The molecule has 2 heterocycles. The van der Waals surface area contributed by atoms with Crippen molar-refractivity contribution in [1.29, 1.82) is 0 Å². The monoisotopic (exact) mass is 359 g/mol. The van der Waals surface area contributed by atoms with Crippen molar-refractivity contribution in [3.63, 3.8) is 0 Å². The van der Waals surface area contributed by atoms with Crippen LogP contribution in [0.25, 0.3) is 0 Å². The summed E-state index contributed by atoms with van der Waals surface area (Å²) in [5, 5.41) is 4.06. The molecule has 6 nitrogen and oxygen atoms in total. The van der Waals surface area contributed by atoms with Gasteiger partial charge in [-0.1, -0.05) is 11.6 Å². The van der Waals surface area contributed by atoms with Crippen molar-refractivity contribution in [2.45, 2.75) is 20.8 Å². The molecule has 0 aliphatic carbocycles. The zero-order chi connectivity index (χ0) is 18.0. The number of amides is 1. The summed E-state index contributed by atoms with van der Waals surface area (Å²) >= 11 is 6.02. The van der Waals surface area contributed by atoms with Crippen molar-refractivity contribution >= 4 is 34.8 Å². The molecule has 132 valence electrons. The highest BCUT2D eigenvalue weighted by Crippen LogP contribution is 2.25. The van der Waals surface area contributed by atoms with Crippen LogP contribution < -0.4 is 10.2 Å². The van der Waals surface area contributed by atoms with E-state index in [1.807, 2.05) is 43.0 Å². The third kappa shape index (κ3) is 4.20. The third-order valence-corrected chi connectivity index (χ3v) is 4.56. The summed E-state index contributed by atoms with van der Waals surface area (Å²) in [7, 11) is 0. The molecule has 1 aromatic heterocycles. The lowest BCUT2D eigenvalue weighted by molar-refractivity contribution is -0.129. The first-order valence-electron chi connectivity index (χ1n) is 8.32. The molecule has 2 aromatic rings. The van der Waals surface area contributed by atoms with E-state index in [0.717, 1.165) is 49.1 Å². The van der Waals surface area contributed by atoms with Gasteiger partial charge in [0.25, 0.3) is 0 Å². The molecule has 1 amide bonds. The normalized spacial score (nSPS) is 14.6. The molecule has 1 fully saturated rings. The number of rotatable bonds is 3.